The Bertz CT molecular complexity index is 628. The van der Waals surface area contributed by atoms with E-state index < -0.39 is 0 Å². The summed E-state index contributed by atoms with van der Waals surface area (Å²) < 4.78 is 0.588. The average Bonchev–Trinajstić information content (AvgIpc) is 2.33. The molecule has 2 nitrogen and oxygen atoms in total. The van der Waals surface area contributed by atoms with E-state index in [4.69, 9.17) is 28.9 Å². The molecule has 2 aromatic rings. The number of anilines is 1. The molecule has 2 N–H and O–H groups in total. The maximum atomic E-state index is 12.3. The lowest BCUT2D eigenvalue weighted by atomic mass is 10.0. The maximum Gasteiger partial charge on any atom is 0.196 e. The van der Waals surface area contributed by atoms with Crippen molar-refractivity contribution in [3.05, 3.63) is 62.0 Å². The van der Waals surface area contributed by atoms with Crippen LogP contribution in [0.5, 0.6) is 0 Å². The van der Waals surface area contributed by atoms with Gasteiger partial charge in [-0.15, -0.1) is 0 Å². The van der Waals surface area contributed by atoms with Crippen molar-refractivity contribution in [3.63, 3.8) is 0 Å². The zero-order chi connectivity index (χ0) is 13.3. The Balaban J connectivity index is 2.57. The van der Waals surface area contributed by atoms with Crippen molar-refractivity contribution in [1.82, 2.24) is 0 Å². The van der Waals surface area contributed by atoms with Crippen LogP contribution in [0.15, 0.2) is 40.9 Å². The Morgan fingerprint density at radius 2 is 1.78 bits per heavy atom. The molecule has 0 heterocycles. The van der Waals surface area contributed by atoms with Crippen LogP contribution >= 0.6 is 39.1 Å². The van der Waals surface area contributed by atoms with Crippen molar-refractivity contribution in [2.24, 2.45) is 0 Å². The standard InChI is InChI=1S/C13H8BrCl2NO/c14-10-6-7(15)5-9(12(10)17)13(18)8-3-1-2-4-11(8)16/h1-6H,17H2. The fraction of sp³-hybridized carbons (Fsp3) is 0. The van der Waals surface area contributed by atoms with Gasteiger partial charge in [0.05, 0.1) is 10.7 Å². The normalized spacial score (nSPS) is 10.4. The lowest BCUT2D eigenvalue weighted by Gasteiger charge is -2.08. The van der Waals surface area contributed by atoms with Crippen LogP contribution in [0.1, 0.15) is 15.9 Å². The van der Waals surface area contributed by atoms with Gasteiger partial charge >= 0.3 is 0 Å². The van der Waals surface area contributed by atoms with Gasteiger partial charge in [-0.05, 0) is 40.2 Å². The summed E-state index contributed by atoms with van der Waals surface area (Å²) in [6.45, 7) is 0. The molecular formula is C13H8BrCl2NO. The van der Waals surface area contributed by atoms with Gasteiger partial charge in [-0.3, -0.25) is 4.79 Å². The molecule has 0 aliphatic rings. The molecule has 0 aromatic heterocycles. The summed E-state index contributed by atoms with van der Waals surface area (Å²) in [5.74, 6) is -0.249. The summed E-state index contributed by atoms with van der Waals surface area (Å²) in [7, 11) is 0. The third kappa shape index (κ3) is 2.53. The molecule has 0 amide bonds. The molecule has 0 saturated heterocycles. The van der Waals surface area contributed by atoms with Gasteiger partial charge in [-0.1, -0.05) is 35.3 Å². The Kier molecular flexibility index (Phi) is 3.95. The van der Waals surface area contributed by atoms with E-state index in [1.54, 1.807) is 30.3 Å². The molecule has 0 radical (unpaired) electrons. The Labute approximate surface area is 123 Å². The first-order chi connectivity index (χ1) is 8.50. The molecular weight excluding hydrogens is 337 g/mol. The minimum atomic E-state index is -0.249. The average molecular weight is 345 g/mol. The second-order valence-corrected chi connectivity index (χ2v) is 5.36. The molecule has 2 rings (SSSR count). The number of rotatable bonds is 2. The molecule has 0 saturated carbocycles. The second kappa shape index (κ2) is 5.31. The molecule has 0 aliphatic carbocycles. The second-order valence-electron chi connectivity index (χ2n) is 3.66. The van der Waals surface area contributed by atoms with Crippen LogP contribution in [0.25, 0.3) is 0 Å². The molecule has 92 valence electrons. The highest BCUT2D eigenvalue weighted by Gasteiger charge is 2.17. The fourth-order valence-electron chi connectivity index (χ4n) is 1.56. The van der Waals surface area contributed by atoms with Crippen molar-refractivity contribution >= 4 is 50.6 Å². The van der Waals surface area contributed by atoms with Gasteiger partial charge in [0, 0.05) is 20.6 Å². The quantitative estimate of drug-likeness (QED) is 0.640. The summed E-state index contributed by atoms with van der Waals surface area (Å²) in [5.41, 5.74) is 6.96. The van der Waals surface area contributed by atoms with Crippen LogP contribution < -0.4 is 5.73 Å². The van der Waals surface area contributed by atoms with Crippen molar-refractivity contribution in [3.8, 4) is 0 Å². The van der Waals surface area contributed by atoms with Gasteiger partial charge in [0.2, 0.25) is 0 Å². The number of carbonyl (C=O) groups is 1. The molecule has 0 unspecified atom stereocenters. The van der Waals surface area contributed by atoms with E-state index in [2.05, 4.69) is 15.9 Å². The summed E-state index contributed by atoms with van der Waals surface area (Å²) in [6, 6.07) is 9.99. The number of carbonyl (C=O) groups excluding carboxylic acids is 1. The highest BCUT2D eigenvalue weighted by atomic mass is 79.9. The summed E-state index contributed by atoms with van der Waals surface area (Å²) in [6.07, 6.45) is 0. The van der Waals surface area contributed by atoms with Gasteiger partial charge < -0.3 is 5.73 Å². The number of nitrogens with two attached hydrogens (primary N) is 1. The Morgan fingerprint density at radius 3 is 2.44 bits per heavy atom. The SMILES string of the molecule is Nc1c(Br)cc(Cl)cc1C(=O)c1ccccc1Cl. The monoisotopic (exact) mass is 343 g/mol. The molecule has 0 fully saturated rings. The first-order valence-corrected chi connectivity index (χ1v) is 6.59. The number of benzene rings is 2. The lowest BCUT2D eigenvalue weighted by Crippen LogP contribution is -2.06. The summed E-state index contributed by atoms with van der Waals surface area (Å²) in [4.78, 5) is 12.3. The highest BCUT2D eigenvalue weighted by molar-refractivity contribution is 9.10. The summed E-state index contributed by atoms with van der Waals surface area (Å²) in [5, 5.41) is 0.824. The van der Waals surface area contributed by atoms with Crippen LogP contribution in [-0.2, 0) is 0 Å². The van der Waals surface area contributed by atoms with Crippen LogP contribution in [0.4, 0.5) is 5.69 Å². The largest absolute Gasteiger partial charge is 0.397 e. The van der Waals surface area contributed by atoms with E-state index in [-0.39, 0.29) is 5.78 Å². The number of hydrogen-bond donors (Lipinski definition) is 1. The van der Waals surface area contributed by atoms with Crippen LogP contribution in [0, 0.1) is 0 Å². The Morgan fingerprint density at radius 1 is 1.11 bits per heavy atom. The lowest BCUT2D eigenvalue weighted by molar-refractivity contribution is 0.103. The zero-order valence-electron chi connectivity index (χ0n) is 9.08. The maximum absolute atomic E-state index is 12.3. The third-order valence-corrected chi connectivity index (χ3v) is 3.66. The first-order valence-electron chi connectivity index (χ1n) is 5.04. The van der Waals surface area contributed by atoms with Gasteiger partial charge in [0.1, 0.15) is 0 Å². The molecule has 0 aliphatic heterocycles. The Hall–Kier alpha value is -1.03. The molecule has 2 aromatic carbocycles. The number of halogens is 3. The smallest absolute Gasteiger partial charge is 0.196 e. The van der Waals surface area contributed by atoms with Crippen molar-refractivity contribution in [2.75, 3.05) is 5.73 Å². The van der Waals surface area contributed by atoms with E-state index >= 15 is 0 Å². The van der Waals surface area contributed by atoms with Crippen molar-refractivity contribution < 1.29 is 4.79 Å². The van der Waals surface area contributed by atoms with E-state index in [9.17, 15) is 4.79 Å². The topological polar surface area (TPSA) is 43.1 Å². The van der Waals surface area contributed by atoms with E-state index in [1.807, 2.05) is 0 Å². The molecule has 0 spiro atoms. The van der Waals surface area contributed by atoms with Gasteiger partial charge in [-0.2, -0.15) is 0 Å². The van der Waals surface area contributed by atoms with Gasteiger partial charge in [0.15, 0.2) is 5.78 Å². The first kappa shape index (κ1) is 13.4. The minimum absolute atomic E-state index is 0.249. The van der Waals surface area contributed by atoms with Gasteiger partial charge in [0.25, 0.3) is 0 Å². The molecule has 5 heteroatoms. The van der Waals surface area contributed by atoms with Gasteiger partial charge in [-0.25, -0.2) is 0 Å². The number of nitrogen functional groups attached to an aromatic ring is 1. The zero-order valence-corrected chi connectivity index (χ0v) is 12.2. The molecule has 18 heavy (non-hydrogen) atoms. The van der Waals surface area contributed by atoms with E-state index in [0.29, 0.717) is 31.3 Å². The van der Waals surface area contributed by atoms with E-state index in [1.165, 1.54) is 6.07 Å². The minimum Gasteiger partial charge on any atom is -0.397 e. The fourth-order valence-corrected chi connectivity index (χ4v) is 2.59. The van der Waals surface area contributed by atoms with Crippen molar-refractivity contribution in [1.29, 1.82) is 0 Å². The van der Waals surface area contributed by atoms with Crippen LogP contribution in [0.3, 0.4) is 0 Å². The van der Waals surface area contributed by atoms with Crippen LogP contribution in [-0.4, -0.2) is 5.78 Å². The number of ketones is 1. The van der Waals surface area contributed by atoms with Crippen molar-refractivity contribution in [2.45, 2.75) is 0 Å². The predicted molar refractivity (Wildman–Crippen MR) is 78.4 cm³/mol. The summed E-state index contributed by atoms with van der Waals surface area (Å²) >= 11 is 15.2. The molecule has 0 atom stereocenters. The van der Waals surface area contributed by atoms with E-state index in [0.717, 1.165) is 0 Å². The predicted octanol–water partition coefficient (Wildman–Crippen LogP) is 4.57. The van der Waals surface area contributed by atoms with Crippen LogP contribution in [0.2, 0.25) is 10.0 Å². The highest BCUT2D eigenvalue weighted by Crippen LogP contribution is 2.30. The number of hydrogen-bond acceptors (Lipinski definition) is 2. The third-order valence-electron chi connectivity index (χ3n) is 2.46. The molecule has 0 bridgehead atoms.